The van der Waals surface area contributed by atoms with Crippen LogP contribution in [0.1, 0.15) is 32.3 Å². The molecule has 0 aliphatic heterocycles. The molecule has 0 bridgehead atoms. The minimum Gasteiger partial charge on any atom is -0.395 e. The number of hydrogen-bond donors (Lipinski definition) is 2. The summed E-state index contributed by atoms with van der Waals surface area (Å²) in [5.74, 6) is 0.792. The second-order valence-electron chi connectivity index (χ2n) is 4.63. The fraction of sp³-hybridized carbons (Fsp3) is 0.500. The van der Waals surface area contributed by atoms with Crippen molar-refractivity contribution in [2.24, 2.45) is 0 Å². The van der Waals surface area contributed by atoms with Gasteiger partial charge in [0, 0.05) is 10.9 Å². The lowest BCUT2D eigenvalue weighted by Crippen LogP contribution is -2.16. The molecule has 1 amide bonds. The molecule has 0 spiro atoms. The smallest absolute Gasteiger partial charge is 0.234 e. The highest BCUT2D eigenvalue weighted by Gasteiger charge is 2.07. The predicted molar refractivity (Wildman–Crippen MR) is 78.2 cm³/mol. The largest absolute Gasteiger partial charge is 0.395 e. The lowest BCUT2D eigenvalue weighted by Gasteiger charge is -2.10. The molecule has 100 valence electrons. The molecule has 18 heavy (non-hydrogen) atoms. The molecule has 1 rings (SSSR count). The first-order valence-corrected chi connectivity index (χ1v) is 7.20. The van der Waals surface area contributed by atoms with Crippen LogP contribution in [-0.4, -0.2) is 28.6 Å². The van der Waals surface area contributed by atoms with Gasteiger partial charge in [0.1, 0.15) is 0 Å². The van der Waals surface area contributed by atoms with E-state index in [1.807, 2.05) is 25.1 Å². The summed E-state index contributed by atoms with van der Waals surface area (Å²) in [6.45, 7) is 6.25. The number of anilines is 1. The van der Waals surface area contributed by atoms with Crippen LogP contribution in [0.25, 0.3) is 0 Å². The molecule has 2 N–H and O–H groups in total. The molecule has 1 aromatic carbocycles. The molecule has 1 atom stereocenters. The van der Waals surface area contributed by atoms with Crippen molar-refractivity contribution >= 4 is 23.4 Å². The van der Waals surface area contributed by atoms with Crippen LogP contribution in [0.4, 0.5) is 5.69 Å². The van der Waals surface area contributed by atoms with Gasteiger partial charge in [0.15, 0.2) is 0 Å². The van der Waals surface area contributed by atoms with Crippen molar-refractivity contribution < 1.29 is 9.90 Å². The molecule has 0 fully saturated rings. The molecule has 1 aromatic rings. The van der Waals surface area contributed by atoms with Crippen LogP contribution in [0.2, 0.25) is 0 Å². The van der Waals surface area contributed by atoms with Gasteiger partial charge in [0.2, 0.25) is 5.91 Å². The fourth-order valence-electron chi connectivity index (χ4n) is 1.44. The highest BCUT2D eigenvalue weighted by molar-refractivity contribution is 8.00. The number of benzene rings is 1. The summed E-state index contributed by atoms with van der Waals surface area (Å²) in [7, 11) is 0. The molecule has 0 aromatic heterocycles. The van der Waals surface area contributed by atoms with E-state index < -0.39 is 0 Å². The van der Waals surface area contributed by atoms with Gasteiger partial charge in [-0.3, -0.25) is 4.79 Å². The summed E-state index contributed by atoms with van der Waals surface area (Å²) < 4.78 is 0. The SMILES string of the molecule is CC(CO)SCC(=O)Nc1cccc(C(C)C)c1. The first-order chi connectivity index (χ1) is 8.52. The Hall–Kier alpha value is -1.00. The number of aliphatic hydroxyl groups is 1. The van der Waals surface area contributed by atoms with Crippen LogP contribution in [0, 0.1) is 0 Å². The van der Waals surface area contributed by atoms with Gasteiger partial charge in [-0.15, -0.1) is 11.8 Å². The monoisotopic (exact) mass is 267 g/mol. The number of rotatable bonds is 6. The lowest BCUT2D eigenvalue weighted by atomic mass is 10.0. The summed E-state index contributed by atoms with van der Waals surface area (Å²) in [6, 6.07) is 7.91. The molecule has 0 aliphatic carbocycles. The van der Waals surface area contributed by atoms with Crippen molar-refractivity contribution in [1.82, 2.24) is 0 Å². The quantitative estimate of drug-likeness (QED) is 0.833. The van der Waals surface area contributed by atoms with Crippen molar-refractivity contribution in [1.29, 1.82) is 0 Å². The van der Waals surface area contributed by atoms with Crippen LogP contribution < -0.4 is 5.32 Å². The Kier molecular flexibility index (Phi) is 6.22. The molecular weight excluding hydrogens is 246 g/mol. The molecule has 0 saturated carbocycles. The third-order valence-corrected chi connectivity index (χ3v) is 3.74. The number of carbonyl (C=O) groups excluding carboxylic acids is 1. The van der Waals surface area contributed by atoms with Crippen LogP contribution in [0.3, 0.4) is 0 Å². The van der Waals surface area contributed by atoms with E-state index in [2.05, 4.69) is 25.2 Å². The van der Waals surface area contributed by atoms with Crippen molar-refractivity contribution in [3.05, 3.63) is 29.8 Å². The molecule has 0 aliphatic rings. The van der Waals surface area contributed by atoms with E-state index >= 15 is 0 Å². The maximum atomic E-state index is 11.7. The van der Waals surface area contributed by atoms with Crippen LogP contribution in [0.5, 0.6) is 0 Å². The van der Waals surface area contributed by atoms with Crippen LogP contribution in [-0.2, 0) is 4.79 Å². The van der Waals surface area contributed by atoms with Gasteiger partial charge < -0.3 is 10.4 Å². The third-order valence-electron chi connectivity index (χ3n) is 2.59. The zero-order valence-electron chi connectivity index (χ0n) is 11.1. The summed E-state index contributed by atoms with van der Waals surface area (Å²) in [6.07, 6.45) is 0. The maximum Gasteiger partial charge on any atom is 0.234 e. The summed E-state index contributed by atoms with van der Waals surface area (Å²) >= 11 is 1.45. The van der Waals surface area contributed by atoms with Crippen molar-refractivity contribution in [3.63, 3.8) is 0 Å². The molecule has 1 unspecified atom stereocenters. The van der Waals surface area contributed by atoms with E-state index in [0.717, 1.165) is 5.69 Å². The van der Waals surface area contributed by atoms with E-state index in [0.29, 0.717) is 11.7 Å². The second-order valence-corrected chi connectivity index (χ2v) is 6.06. The first kappa shape index (κ1) is 15.1. The van der Waals surface area contributed by atoms with Crippen molar-refractivity contribution in [3.8, 4) is 0 Å². The van der Waals surface area contributed by atoms with Gasteiger partial charge in [0.05, 0.1) is 12.4 Å². The molecule has 4 heteroatoms. The van der Waals surface area contributed by atoms with Gasteiger partial charge in [-0.2, -0.15) is 0 Å². The Morgan fingerprint density at radius 2 is 2.11 bits per heavy atom. The van der Waals surface area contributed by atoms with Gasteiger partial charge in [-0.25, -0.2) is 0 Å². The average Bonchev–Trinajstić information content (AvgIpc) is 2.36. The van der Waals surface area contributed by atoms with E-state index in [1.165, 1.54) is 17.3 Å². The van der Waals surface area contributed by atoms with Crippen LogP contribution in [0.15, 0.2) is 24.3 Å². The summed E-state index contributed by atoms with van der Waals surface area (Å²) in [4.78, 5) is 11.7. The number of hydrogen-bond acceptors (Lipinski definition) is 3. The Morgan fingerprint density at radius 1 is 1.39 bits per heavy atom. The molecule has 0 radical (unpaired) electrons. The Balaban J connectivity index is 2.51. The highest BCUT2D eigenvalue weighted by atomic mass is 32.2. The maximum absolute atomic E-state index is 11.7. The average molecular weight is 267 g/mol. The van der Waals surface area contributed by atoms with Crippen LogP contribution >= 0.6 is 11.8 Å². The lowest BCUT2D eigenvalue weighted by molar-refractivity contribution is -0.113. The highest BCUT2D eigenvalue weighted by Crippen LogP contribution is 2.19. The zero-order chi connectivity index (χ0) is 13.5. The first-order valence-electron chi connectivity index (χ1n) is 6.15. The Bertz CT molecular complexity index is 393. The number of nitrogens with one attached hydrogen (secondary N) is 1. The minimum absolute atomic E-state index is 0.0267. The third kappa shape index (κ3) is 5.10. The summed E-state index contributed by atoms with van der Waals surface area (Å²) in [5.41, 5.74) is 2.05. The molecule has 3 nitrogen and oxygen atoms in total. The minimum atomic E-state index is -0.0267. The molecular formula is C14H21NO2S. The number of carbonyl (C=O) groups is 1. The van der Waals surface area contributed by atoms with Crippen molar-refractivity contribution in [2.45, 2.75) is 31.9 Å². The normalized spacial score (nSPS) is 12.5. The fourth-order valence-corrected chi connectivity index (χ4v) is 2.06. The van der Waals surface area contributed by atoms with E-state index in [-0.39, 0.29) is 17.8 Å². The topological polar surface area (TPSA) is 49.3 Å². The Morgan fingerprint density at radius 3 is 2.72 bits per heavy atom. The van der Waals surface area contributed by atoms with Gasteiger partial charge in [-0.1, -0.05) is 32.9 Å². The Labute approximate surface area is 113 Å². The van der Waals surface area contributed by atoms with Gasteiger partial charge in [0.25, 0.3) is 0 Å². The zero-order valence-corrected chi connectivity index (χ0v) is 12.0. The van der Waals surface area contributed by atoms with Crippen molar-refractivity contribution in [2.75, 3.05) is 17.7 Å². The van der Waals surface area contributed by atoms with E-state index in [4.69, 9.17) is 5.11 Å². The van der Waals surface area contributed by atoms with Gasteiger partial charge >= 0.3 is 0 Å². The standard InChI is InChI=1S/C14H21NO2S/c1-10(2)12-5-4-6-13(7-12)15-14(17)9-18-11(3)8-16/h4-7,10-11,16H,8-9H2,1-3H3,(H,15,17). The number of thioether (sulfide) groups is 1. The second kappa shape index (κ2) is 7.44. The predicted octanol–water partition coefficient (Wildman–Crippen LogP) is 2.86. The summed E-state index contributed by atoms with van der Waals surface area (Å²) in [5, 5.41) is 11.9. The number of amides is 1. The number of aliphatic hydroxyl groups excluding tert-OH is 1. The van der Waals surface area contributed by atoms with E-state index in [1.54, 1.807) is 0 Å². The van der Waals surface area contributed by atoms with E-state index in [9.17, 15) is 4.79 Å². The molecule has 0 heterocycles. The van der Waals surface area contributed by atoms with Gasteiger partial charge in [-0.05, 0) is 23.6 Å². The molecule has 0 saturated heterocycles.